The molecule has 0 aliphatic heterocycles. The van der Waals surface area contributed by atoms with Crippen LogP contribution in [-0.4, -0.2) is 16.6 Å². The molecule has 19 heavy (non-hydrogen) atoms. The molecular formula is C14H16BrN3O. The maximum Gasteiger partial charge on any atom is 0.226 e. The predicted molar refractivity (Wildman–Crippen MR) is 79.4 cm³/mol. The number of benzene rings is 1. The van der Waals surface area contributed by atoms with Crippen molar-refractivity contribution in [3.8, 4) is 5.88 Å². The number of anilines is 1. The number of hydrogen-bond donors (Lipinski definition) is 1. The van der Waals surface area contributed by atoms with E-state index in [1.807, 2.05) is 19.1 Å². The van der Waals surface area contributed by atoms with Crippen molar-refractivity contribution >= 4 is 21.9 Å². The monoisotopic (exact) mass is 321 g/mol. The zero-order chi connectivity index (χ0) is 13.7. The number of rotatable bonds is 5. The van der Waals surface area contributed by atoms with E-state index in [1.165, 1.54) is 5.56 Å². The number of hydrogen-bond acceptors (Lipinski definition) is 4. The highest BCUT2D eigenvalue weighted by atomic mass is 79.9. The van der Waals surface area contributed by atoms with Crippen LogP contribution in [0, 0.1) is 0 Å². The van der Waals surface area contributed by atoms with E-state index in [-0.39, 0.29) is 6.04 Å². The van der Waals surface area contributed by atoms with Gasteiger partial charge >= 0.3 is 0 Å². The van der Waals surface area contributed by atoms with E-state index >= 15 is 0 Å². The van der Waals surface area contributed by atoms with Crippen LogP contribution in [0.25, 0.3) is 0 Å². The molecule has 0 spiro atoms. The van der Waals surface area contributed by atoms with Crippen LogP contribution >= 0.6 is 15.9 Å². The summed E-state index contributed by atoms with van der Waals surface area (Å²) in [6, 6.07) is 10.0. The van der Waals surface area contributed by atoms with Crippen LogP contribution in [0.5, 0.6) is 5.88 Å². The van der Waals surface area contributed by atoms with E-state index in [0.29, 0.717) is 18.4 Å². The summed E-state index contributed by atoms with van der Waals surface area (Å²) in [6.45, 7) is 4.59. The molecule has 2 rings (SSSR count). The van der Waals surface area contributed by atoms with E-state index in [2.05, 4.69) is 50.3 Å². The summed E-state index contributed by atoms with van der Waals surface area (Å²) in [5, 5.41) is 3.26. The molecule has 2 aromatic rings. The summed E-state index contributed by atoms with van der Waals surface area (Å²) >= 11 is 3.47. The third kappa shape index (κ3) is 3.92. The molecule has 0 aliphatic rings. The Kier molecular flexibility index (Phi) is 4.74. The molecule has 0 aliphatic carbocycles. The Morgan fingerprint density at radius 2 is 2.21 bits per heavy atom. The minimum atomic E-state index is 0.120. The molecule has 1 N–H and O–H groups in total. The third-order valence-electron chi connectivity index (χ3n) is 2.62. The van der Waals surface area contributed by atoms with Gasteiger partial charge in [-0.2, -0.15) is 4.98 Å². The molecule has 0 bridgehead atoms. The fourth-order valence-corrected chi connectivity index (χ4v) is 2.11. The Morgan fingerprint density at radius 1 is 1.37 bits per heavy atom. The van der Waals surface area contributed by atoms with Gasteiger partial charge in [0.15, 0.2) is 0 Å². The van der Waals surface area contributed by atoms with E-state index in [1.54, 1.807) is 12.3 Å². The highest BCUT2D eigenvalue weighted by Crippen LogP contribution is 2.21. The van der Waals surface area contributed by atoms with Gasteiger partial charge in [0, 0.05) is 16.7 Å². The van der Waals surface area contributed by atoms with Crippen LogP contribution in [0.3, 0.4) is 0 Å². The van der Waals surface area contributed by atoms with Crippen LogP contribution in [0.2, 0.25) is 0 Å². The molecule has 5 heteroatoms. The van der Waals surface area contributed by atoms with E-state index in [0.717, 1.165) is 4.47 Å². The van der Waals surface area contributed by atoms with Crippen molar-refractivity contribution in [1.29, 1.82) is 0 Å². The lowest BCUT2D eigenvalue weighted by atomic mass is 10.1. The van der Waals surface area contributed by atoms with Crippen molar-refractivity contribution in [2.45, 2.75) is 19.9 Å². The van der Waals surface area contributed by atoms with Gasteiger partial charge in [-0.3, -0.25) is 0 Å². The topological polar surface area (TPSA) is 47.0 Å². The highest BCUT2D eigenvalue weighted by Gasteiger charge is 2.08. The highest BCUT2D eigenvalue weighted by molar-refractivity contribution is 9.10. The molecule has 0 saturated heterocycles. The first-order chi connectivity index (χ1) is 9.19. The third-order valence-corrected chi connectivity index (χ3v) is 3.11. The molecule has 0 radical (unpaired) electrons. The Labute approximate surface area is 121 Å². The van der Waals surface area contributed by atoms with Crippen LogP contribution in [0.1, 0.15) is 25.5 Å². The number of nitrogens with zero attached hydrogens (tertiary/aromatic N) is 2. The second kappa shape index (κ2) is 6.52. The summed E-state index contributed by atoms with van der Waals surface area (Å²) in [4.78, 5) is 8.49. The van der Waals surface area contributed by atoms with Crippen molar-refractivity contribution in [1.82, 2.24) is 9.97 Å². The van der Waals surface area contributed by atoms with Crippen LogP contribution in [0.4, 0.5) is 5.95 Å². The van der Waals surface area contributed by atoms with Crippen molar-refractivity contribution < 1.29 is 4.74 Å². The second-order valence-corrected chi connectivity index (χ2v) is 4.99. The first-order valence-corrected chi connectivity index (χ1v) is 6.96. The Balaban J connectivity index is 2.10. The Bertz CT molecular complexity index is 548. The molecule has 0 fully saturated rings. The average Bonchev–Trinajstić information content (AvgIpc) is 2.39. The molecule has 4 nitrogen and oxygen atoms in total. The summed E-state index contributed by atoms with van der Waals surface area (Å²) in [5.74, 6) is 1.15. The minimum absolute atomic E-state index is 0.120. The quantitative estimate of drug-likeness (QED) is 0.909. The van der Waals surface area contributed by atoms with Crippen molar-refractivity contribution in [2.75, 3.05) is 11.9 Å². The Hall–Kier alpha value is -1.62. The summed E-state index contributed by atoms with van der Waals surface area (Å²) in [6.07, 6.45) is 1.69. The lowest BCUT2D eigenvalue weighted by molar-refractivity contribution is 0.326. The van der Waals surface area contributed by atoms with Crippen LogP contribution in [-0.2, 0) is 0 Å². The van der Waals surface area contributed by atoms with Gasteiger partial charge in [0.1, 0.15) is 0 Å². The van der Waals surface area contributed by atoms with Gasteiger partial charge in [-0.05, 0) is 31.5 Å². The van der Waals surface area contributed by atoms with Gasteiger partial charge in [0.2, 0.25) is 11.8 Å². The van der Waals surface area contributed by atoms with Gasteiger partial charge in [-0.15, -0.1) is 0 Å². The molecule has 1 aromatic carbocycles. The second-order valence-electron chi connectivity index (χ2n) is 4.07. The molecule has 1 heterocycles. The van der Waals surface area contributed by atoms with E-state index < -0.39 is 0 Å². The molecule has 0 saturated carbocycles. The molecule has 1 atom stereocenters. The minimum Gasteiger partial charge on any atom is -0.478 e. The smallest absolute Gasteiger partial charge is 0.226 e. The number of aromatic nitrogens is 2. The number of halogens is 1. The maximum atomic E-state index is 5.35. The van der Waals surface area contributed by atoms with Gasteiger partial charge in [-0.1, -0.05) is 28.1 Å². The lowest BCUT2D eigenvalue weighted by Crippen LogP contribution is -2.10. The normalized spacial score (nSPS) is 11.9. The van der Waals surface area contributed by atoms with Crippen LogP contribution < -0.4 is 10.1 Å². The number of nitrogens with one attached hydrogen (secondary N) is 1. The largest absolute Gasteiger partial charge is 0.478 e. The number of ether oxygens (including phenoxy) is 1. The standard InChI is InChI=1S/C14H16BrN3O/c1-3-19-13-7-8-16-14(18-13)17-10(2)11-5-4-6-12(15)9-11/h4-10H,3H2,1-2H3,(H,16,17,18). The molecular weight excluding hydrogens is 306 g/mol. The predicted octanol–water partition coefficient (Wildman–Crippen LogP) is 3.81. The summed E-state index contributed by atoms with van der Waals surface area (Å²) < 4.78 is 6.41. The van der Waals surface area contributed by atoms with Gasteiger partial charge in [-0.25, -0.2) is 4.98 Å². The van der Waals surface area contributed by atoms with E-state index in [9.17, 15) is 0 Å². The van der Waals surface area contributed by atoms with E-state index in [4.69, 9.17) is 4.74 Å². The molecule has 0 amide bonds. The van der Waals surface area contributed by atoms with Crippen LogP contribution in [0.15, 0.2) is 41.0 Å². The van der Waals surface area contributed by atoms with Gasteiger partial charge in [0.25, 0.3) is 0 Å². The van der Waals surface area contributed by atoms with Crippen molar-refractivity contribution in [3.63, 3.8) is 0 Å². The summed E-state index contributed by atoms with van der Waals surface area (Å²) in [7, 11) is 0. The SMILES string of the molecule is CCOc1ccnc(NC(C)c2cccc(Br)c2)n1. The zero-order valence-corrected chi connectivity index (χ0v) is 12.5. The molecule has 1 aromatic heterocycles. The first-order valence-electron chi connectivity index (χ1n) is 6.17. The molecule has 1 unspecified atom stereocenters. The first kappa shape index (κ1) is 13.8. The summed E-state index contributed by atoms with van der Waals surface area (Å²) in [5.41, 5.74) is 1.17. The zero-order valence-electron chi connectivity index (χ0n) is 10.9. The Morgan fingerprint density at radius 3 is 2.95 bits per heavy atom. The lowest BCUT2D eigenvalue weighted by Gasteiger charge is -2.14. The maximum absolute atomic E-state index is 5.35. The fourth-order valence-electron chi connectivity index (χ4n) is 1.69. The average molecular weight is 322 g/mol. The van der Waals surface area contributed by atoms with Crippen molar-refractivity contribution in [3.05, 3.63) is 46.6 Å². The van der Waals surface area contributed by atoms with Crippen molar-refractivity contribution in [2.24, 2.45) is 0 Å². The fraction of sp³-hybridized carbons (Fsp3) is 0.286. The van der Waals surface area contributed by atoms with Gasteiger partial charge < -0.3 is 10.1 Å². The van der Waals surface area contributed by atoms with Gasteiger partial charge in [0.05, 0.1) is 12.6 Å². The molecule has 100 valence electrons.